The summed E-state index contributed by atoms with van der Waals surface area (Å²) in [5, 5.41) is 3.18. The Kier molecular flexibility index (Phi) is 4.50. The maximum absolute atomic E-state index is 13.4. The molecule has 0 aliphatic rings. The molecule has 3 nitrogen and oxygen atoms in total. The molecule has 1 aromatic rings. The molecule has 0 unspecified atom stereocenters. The lowest BCUT2D eigenvalue weighted by molar-refractivity contribution is 0.000604. The van der Waals surface area contributed by atoms with E-state index in [0.717, 1.165) is 0 Å². The lowest BCUT2D eigenvalue weighted by Crippen LogP contribution is -2.33. The van der Waals surface area contributed by atoms with Crippen LogP contribution in [0, 0.1) is 5.82 Å². The van der Waals surface area contributed by atoms with Gasteiger partial charge in [-0.15, -0.1) is 0 Å². The maximum atomic E-state index is 13.4. The van der Waals surface area contributed by atoms with Crippen molar-refractivity contribution in [2.45, 2.75) is 26.4 Å². The van der Waals surface area contributed by atoms with Crippen LogP contribution < -0.4 is 5.32 Å². The number of halogens is 2. The fraction of sp³-hybridized carbons (Fsp3) is 0.545. The van der Waals surface area contributed by atoms with Crippen LogP contribution >= 0.6 is 11.6 Å². The summed E-state index contributed by atoms with van der Waals surface area (Å²) >= 11 is 5.60. The molecular formula is C11H16ClFN2O. The molecule has 0 aliphatic carbocycles. The average molecular weight is 247 g/mol. The van der Waals surface area contributed by atoms with Crippen LogP contribution in [0.25, 0.3) is 0 Å². The molecule has 0 amide bonds. The van der Waals surface area contributed by atoms with Gasteiger partial charge in [0.2, 0.25) is 0 Å². The molecule has 0 fully saturated rings. The molecule has 0 bridgehead atoms. The van der Waals surface area contributed by atoms with Crippen molar-refractivity contribution in [1.29, 1.82) is 0 Å². The van der Waals surface area contributed by atoms with E-state index in [1.165, 1.54) is 12.3 Å². The predicted octanol–water partition coefficient (Wildman–Crippen LogP) is 3.10. The molecule has 0 saturated heterocycles. The monoisotopic (exact) mass is 246 g/mol. The van der Waals surface area contributed by atoms with Crippen molar-refractivity contribution in [1.82, 2.24) is 4.98 Å². The predicted molar refractivity (Wildman–Crippen MR) is 63.4 cm³/mol. The van der Waals surface area contributed by atoms with E-state index >= 15 is 0 Å². The summed E-state index contributed by atoms with van der Waals surface area (Å²) in [7, 11) is 0. The number of hydrogen-bond acceptors (Lipinski definition) is 3. The summed E-state index contributed by atoms with van der Waals surface area (Å²) < 4.78 is 18.8. The van der Waals surface area contributed by atoms with Crippen LogP contribution in [0.1, 0.15) is 20.8 Å². The smallest absolute Gasteiger partial charge is 0.166 e. The number of ether oxygens (including phenoxy) is 1. The molecule has 0 radical (unpaired) electrons. The number of nitrogens with one attached hydrogen (secondary N) is 1. The first kappa shape index (κ1) is 13.2. The van der Waals surface area contributed by atoms with E-state index in [1.54, 1.807) is 0 Å². The lowest BCUT2D eigenvalue weighted by Gasteiger charge is -2.25. The first-order valence-corrected chi connectivity index (χ1v) is 5.51. The van der Waals surface area contributed by atoms with Gasteiger partial charge >= 0.3 is 0 Å². The first-order valence-electron chi connectivity index (χ1n) is 5.13. The molecule has 1 aromatic heterocycles. The minimum absolute atomic E-state index is 0.192. The molecule has 1 rings (SSSR count). The minimum Gasteiger partial charge on any atom is -0.374 e. The number of nitrogens with zero attached hydrogens (tertiary/aromatic N) is 1. The van der Waals surface area contributed by atoms with Gasteiger partial charge in [0.1, 0.15) is 0 Å². The number of aromatic nitrogens is 1. The van der Waals surface area contributed by atoms with Crippen molar-refractivity contribution in [3.8, 4) is 0 Å². The summed E-state index contributed by atoms with van der Waals surface area (Å²) in [6, 6.07) is 1.23. The van der Waals surface area contributed by atoms with E-state index in [1.807, 2.05) is 20.8 Å². The lowest BCUT2D eigenvalue weighted by atomic mass is 10.1. The third-order valence-corrected chi connectivity index (χ3v) is 2.23. The Morgan fingerprint density at radius 3 is 2.81 bits per heavy atom. The normalized spacial score (nSPS) is 11.6. The van der Waals surface area contributed by atoms with Crippen molar-refractivity contribution in [2.24, 2.45) is 0 Å². The fourth-order valence-electron chi connectivity index (χ4n) is 1.28. The molecular weight excluding hydrogens is 231 g/mol. The summed E-state index contributed by atoms with van der Waals surface area (Å²) in [4.78, 5) is 3.87. The van der Waals surface area contributed by atoms with Crippen molar-refractivity contribution < 1.29 is 9.13 Å². The second-order valence-corrected chi connectivity index (χ2v) is 4.47. The van der Waals surface area contributed by atoms with Gasteiger partial charge in [-0.2, -0.15) is 0 Å². The molecule has 0 spiro atoms. The molecule has 0 saturated carbocycles. The molecule has 0 aliphatic heterocycles. The molecule has 0 aromatic carbocycles. The first-order chi connectivity index (χ1) is 7.44. The Morgan fingerprint density at radius 2 is 2.25 bits per heavy atom. The number of rotatable bonds is 5. The minimum atomic E-state index is -0.459. The van der Waals surface area contributed by atoms with Crippen LogP contribution in [-0.4, -0.2) is 23.7 Å². The van der Waals surface area contributed by atoms with Gasteiger partial charge < -0.3 is 10.1 Å². The van der Waals surface area contributed by atoms with E-state index in [4.69, 9.17) is 16.3 Å². The van der Waals surface area contributed by atoms with Crippen LogP contribution in [0.15, 0.2) is 12.3 Å². The highest BCUT2D eigenvalue weighted by Gasteiger charge is 2.18. The Bertz CT molecular complexity index is 358. The van der Waals surface area contributed by atoms with Gasteiger partial charge in [0.05, 0.1) is 10.6 Å². The highest BCUT2D eigenvalue weighted by atomic mass is 35.5. The van der Waals surface area contributed by atoms with Gasteiger partial charge in [-0.3, -0.25) is 0 Å². The van der Waals surface area contributed by atoms with Gasteiger partial charge in [-0.05, 0) is 26.8 Å². The Morgan fingerprint density at radius 1 is 1.56 bits per heavy atom. The Hall–Kier alpha value is -0.870. The van der Waals surface area contributed by atoms with Crippen LogP contribution in [0.4, 0.5) is 10.2 Å². The maximum Gasteiger partial charge on any atom is 0.166 e. The number of pyridine rings is 1. The molecule has 90 valence electrons. The molecule has 0 atom stereocenters. The van der Waals surface area contributed by atoms with Crippen molar-refractivity contribution in [2.75, 3.05) is 18.5 Å². The number of anilines is 1. The van der Waals surface area contributed by atoms with Crippen molar-refractivity contribution in [3.05, 3.63) is 23.1 Å². The standard InChI is InChI=1S/C11H16ClFN2O/c1-4-16-11(2,3)7-15-10-9(13)5-8(12)6-14-10/h5-6H,4,7H2,1-3H3,(H,14,15). The topological polar surface area (TPSA) is 34.1 Å². The second kappa shape index (κ2) is 5.46. The van der Waals surface area contributed by atoms with Gasteiger partial charge in [0.25, 0.3) is 0 Å². The van der Waals surface area contributed by atoms with E-state index < -0.39 is 5.82 Å². The number of hydrogen-bond donors (Lipinski definition) is 1. The zero-order valence-corrected chi connectivity index (χ0v) is 10.4. The van der Waals surface area contributed by atoms with Gasteiger partial charge in [0.15, 0.2) is 11.6 Å². The van der Waals surface area contributed by atoms with E-state index in [2.05, 4.69) is 10.3 Å². The van der Waals surface area contributed by atoms with E-state index in [9.17, 15) is 4.39 Å². The van der Waals surface area contributed by atoms with Crippen LogP contribution in [0.5, 0.6) is 0 Å². The summed E-state index contributed by atoms with van der Waals surface area (Å²) in [5.41, 5.74) is -0.359. The zero-order valence-electron chi connectivity index (χ0n) is 9.68. The third kappa shape index (κ3) is 3.94. The molecule has 1 heterocycles. The highest BCUT2D eigenvalue weighted by Crippen LogP contribution is 2.17. The van der Waals surface area contributed by atoms with E-state index in [0.29, 0.717) is 13.2 Å². The zero-order chi connectivity index (χ0) is 12.2. The van der Waals surface area contributed by atoms with Crippen LogP contribution in [-0.2, 0) is 4.74 Å². The van der Waals surface area contributed by atoms with E-state index in [-0.39, 0.29) is 16.4 Å². The second-order valence-electron chi connectivity index (χ2n) is 4.03. The summed E-state index contributed by atoms with van der Waals surface area (Å²) in [6.07, 6.45) is 1.40. The third-order valence-electron chi connectivity index (χ3n) is 2.02. The fourth-order valence-corrected chi connectivity index (χ4v) is 1.43. The molecule has 1 N–H and O–H groups in total. The Labute approximate surface area is 100.0 Å². The summed E-state index contributed by atoms with van der Waals surface area (Å²) in [5.74, 6) is -0.267. The molecule has 16 heavy (non-hydrogen) atoms. The van der Waals surface area contributed by atoms with Crippen LogP contribution in [0.3, 0.4) is 0 Å². The van der Waals surface area contributed by atoms with Crippen molar-refractivity contribution >= 4 is 17.4 Å². The van der Waals surface area contributed by atoms with Gasteiger partial charge in [-0.25, -0.2) is 9.37 Å². The average Bonchev–Trinajstić information content (AvgIpc) is 2.16. The van der Waals surface area contributed by atoms with Crippen molar-refractivity contribution in [3.63, 3.8) is 0 Å². The molecule has 5 heteroatoms. The highest BCUT2D eigenvalue weighted by molar-refractivity contribution is 6.30. The quantitative estimate of drug-likeness (QED) is 0.867. The van der Waals surface area contributed by atoms with Gasteiger partial charge in [-0.1, -0.05) is 11.6 Å². The summed E-state index contributed by atoms with van der Waals surface area (Å²) in [6.45, 7) is 6.87. The van der Waals surface area contributed by atoms with Crippen LogP contribution in [0.2, 0.25) is 5.02 Å². The SMILES string of the molecule is CCOC(C)(C)CNc1ncc(Cl)cc1F. The largest absolute Gasteiger partial charge is 0.374 e. The van der Waals surface area contributed by atoms with Gasteiger partial charge in [0, 0.05) is 19.3 Å². The Balaban J connectivity index is 2.61.